The van der Waals surface area contributed by atoms with Crippen LogP contribution in [0.3, 0.4) is 0 Å². The van der Waals surface area contributed by atoms with Crippen molar-refractivity contribution in [3.63, 3.8) is 0 Å². The third-order valence-electron chi connectivity index (χ3n) is 3.52. The zero-order valence-corrected chi connectivity index (χ0v) is 14.6. The maximum atomic E-state index is 6.13. The van der Waals surface area contributed by atoms with Gasteiger partial charge in [0.2, 0.25) is 0 Å². The van der Waals surface area contributed by atoms with Crippen LogP contribution >= 0.6 is 24.0 Å². The summed E-state index contributed by atoms with van der Waals surface area (Å²) in [6, 6.07) is 16.5. The number of halogens is 2. The van der Waals surface area contributed by atoms with Gasteiger partial charge in [-0.3, -0.25) is 0 Å². The molecule has 1 unspecified atom stereocenters. The Morgan fingerprint density at radius 3 is 2.64 bits per heavy atom. The lowest BCUT2D eigenvalue weighted by atomic mass is 10.2. The average Bonchev–Trinajstić information content (AvgIpc) is 2.52. The quantitative estimate of drug-likeness (QED) is 0.745. The SMILES string of the molecule is CCC(C)NCc1cccc(OCc2ccccc2Cl)c1.Cl. The minimum atomic E-state index is 0. The van der Waals surface area contributed by atoms with Gasteiger partial charge in [0.15, 0.2) is 0 Å². The van der Waals surface area contributed by atoms with Crippen molar-refractivity contribution in [3.05, 3.63) is 64.7 Å². The summed E-state index contributed by atoms with van der Waals surface area (Å²) < 4.78 is 5.83. The first-order valence-electron chi connectivity index (χ1n) is 7.37. The van der Waals surface area contributed by atoms with Gasteiger partial charge in [-0.15, -0.1) is 12.4 Å². The first-order chi connectivity index (χ1) is 10.2. The molecule has 0 aliphatic heterocycles. The summed E-state index contributed by atoms with van der Waals surface area (Å²) in [5.74, 6) is 0.873. The smallest absolute Gasteiger partial charge is 0.120 e. The summed E-state index contributed by atoms with van der Waals surface area (Å²) in [6.45, 7) is 5.72. The maximum absolute atomic E-state index is 6.13. The van der Waals surface area contributed by atoms with Crippen LogP contribution in [0.2, 0.25) is 5.02 Å². The van der Waals surface area contributed by atoms with E-state index >= 15 is 0 Å². The van der Waals surface area contributed by atoms with Crippen LogP contribution in [-0.2, 0) is 13.2 Å². The van der Waals surface area contributed by atoms with Gasteiger partial charge >= 0.3 is 0 Å². The van der Waals surface area contributed by atoms with E-state index in [9.17, 15) is 0 Å². The zero-order valence-electron chi connectivity index (χ0n) is 13.0. The highest BCUT2D eigenvalue weighted by Crippen LogP contribution is 2.19. The molecule has 1 N–H and O–H groups in total. The molecule has 0 aliphatic rings. The van der Waals surface area contributed by atoms with E-state index in [2.05, 4.69) is 31.3 Å². The third-order valence-corrected chi connectivity index (χ3v) is 3.89. The number of nitrogens with one attached hydrogen (secondary N) is 1. The van der Waals surface area contributed by atoms with E-state index in [1.165, 1.54) is 5.56 Å². The minimum Gasteiger partial charge on any atom is -0.489 e. The maximum Gasteiger partial charge on any atom is 0.120 e. The Bertz CT molecular complexity index is 575. The van der Waals surface area contributed by atoms with E-state index in [0.717, 1.165) is 29.3 Å². The molecule has 1 atom stereocenters. The molecule has 4 heteroatoms. The van der Waals surface area contributed by atoms with Gasteiger partial charge in [0.1, 0.15) is 12.4 Å². The molecule has 0 fully saturated rings. The van der Waals surface area contributed by atoms with Crippen LogP contribution in [0, 0.1) is 0 Å². The number of rotatable bonds is 7. The van der Waals surface area contributed by atoms with Gasteiger partial charge in [-0.05, 0) is 37.1 Å². The second-order valence-corrected chi connectivity index (χ2v) is 5.62. The van der Waals surface area contributed by atoms with E-state index in [-0.39, 0.29) is 12.4 Å². The van der Waals surface area contributed by atoms with Crippen LogP contribution in [0.5, 0.6) is 5.75 Å². The molecule has 0 spiro atoms. The molecule has 0 aromatic heterocycles. The van der Waals surface area contributed by atoms with Crippen molar-refractivity contribution in [2.24, 2.45) is 0 Å². The molecule has 0 bridgehead atoms. The molecular formula is C18H23Cl2NO. The van der Waals surface area contributed by atoms with Crippen LogP contribution in [0.4, 0.5) is 0 Å². The topological polar surface area (TPSA) is 21.3 Å². The Morgan fingerprint density at radius 1 is 1.14 bits per heavy atom. The Balaban J connectivity index is 0.00000242. The Hall–Kier alpha value is -1.22. The van der Waals surface area contributed by atoms with Crippen LogP contribution in [0.15, 0.2) is 48.5 Å². The molecule has 0 saturated heterocycles. The van der Waals surface area contributed by atoms with Gasteiger partial charge in [-0.1, -0.05) is 48.9 Å². The largest absolute Gasteiger partial charge is 0.489 e. The highest BCUT2D eigenvalue weighted by molar-refractivity contribution is 6.31. The number of hydrogen-bond donors (Lipinski definition) is 1. The summed E-state index contributed by atoms with van der Waals surface area (Å²) in [7, 11) is 0. The third kappa shape index (κ3) is 5.88. The monoisotopic (exact) mass is 339 g/mol. The van der Waals surface area contributed by atoms with Crippen LogP contribution in [0.25, 0.3) is 0 Å². The number of benzene rings is 2. The van der Waals surface area contributed by atoms with Crippen molar-refractivity contribution >= 4 is 24.0 Å². The van der Waals surface area contributed by atoms with E-state index in [1.807, 2.05) is 36.4 Å². The van der Waals surface area contributed by atoms with Gasteiger partial charge in [-0.25, -0.2) is 0 Å². The fraction of sp³-hybridized carbons (Fsp3) is 0.333. The molecule has 2 rings (SSSR count). The molecular weight excluding hydrogens is 317 g/mol. The lowest BCUT2D eigenvalue weighted by molar-refractivity contribution is 0.306. The van der Waals surface area contributed by atoms with Crippen LogP contribution < -0.4 is 10.1 Å². The Morgan fingerprint density at radius 2 is 1.91 bits per heavy atom. The van der Waals surface area contributed by atoms with Crippen molar-refractivity contribution < 1.29 is 4.74 Å². The second kappa shape index (κ2) is 9.73. The van der Waals surface area contributed by atoms with E-state index in [0.29, 0.717) is 12.6 Å². The fourth-order valence-electron chi connectivity index (χ4n) is 1.96. The van der Waals surface area contributed by atoms with Crippen molar-refractivity contribution in [3.8, 4) is 5.75 Å². The zero-order chi connectivity index (χ0) is 15.1. The molecule has 120 valence electrons. The Kier molecular flexibility index (Phi) is 8.32. The van der Waals surface area contributed by atoms with Gasteiger partial charge in [0, 0.05) is 23.2 Å². The second-order valence-electron chi connectivity index (χ2n) is 5.22. The fourth-order valence-corrected chi connectivity index (χ4v) is 2.15. The minimum absolute atomic E-state index is 0. The summed E-state index contributed by atoms with van der Waals surface area (Å²) in [4.78, 5) is 0. The molecule has 22 heavy (non-hydrogen) atoms. The van der Waals surface area contributed by atoms with Gasteiger partial charge < -0.3 is 10.1 Å². The van der Waals surface area contributed by atoms with Gasteiger partial charge in [-0.2, -0.15) is 0 Å². The lowest BCUT2D eigenvalue weighted by Crippen LogP contribution is -2.24. The predicted octanol–water partition coefficient (Wildman–Crippen LogP) is 5.23. The summed E-state index contributed by atoms with van der Waals surface area (Å²) >= 11 is 6.13. The molecule has 2 aromatic rings. The summed E-state index contributed by atoms with van der Waals surface area (Å²) in [5, 5.41) is 4.22. The number of ether oxygens (including phenoxy) is 1. The molecule has 0 amide bonds. The van der Waals surface area contributed by atoms with Crippen molar-refractivity contribution in [1.29, 1.82) is 0 Å². The van der Waals surface area contributed by atoms with Crippen molar-refractivity contribution in [2.45, 2.75) is 39.5 Å². The van der Waals surface area contributed by atoms with Crippen LogP contribution in [-0.4, -0.2) is 6.04 Å². The van der Waals surface area contributed by atoms with Crippen molar-refractivity contribution in [2.75, 3.05) is 0 Å². The molecule has 0 saturated carbocycles. The first-order valence-corrected chi connectivity index (χ1v) is 7.75. The summed E-state index contributed by atoms with van der Waals surface area (Å²) in [6.07, 6.45) is 1.13. The van der Waals surface area contributed by atoms with E-state index in [1.54, 1.807) is 0 Å². The van der Waals surface area contributed by atoms with E-state index in [4.69, 9.17) is 16.3 Å². The lowest BCUT2D eigenvalue weighted by Gasteiger charge is -2.12. The first kappa shape index (κ1) is 18.8. The Labute approximate surface area is 144 Å². The predicted molar refractivity (Wildman–Crippen MR) is 96.1 cm³/mol. The van der Waals surface area contributed by atoms with Crippen LogP contribution in [0.1, 0.15) is 31.4 Å². The molecule has 2 nitrogen and oxygen atoms in total. The van der Waals surface area contributed by atoms with E-state index < -0.39 is 0 Å². The molecule has 0 heterocycles. The standard InChI is InChI=1S/C18H22ClNO.ClH/c1-3-14(2)20-12-15-7-6-9-17(11-15)21-13-16-8-4-5-10-18(16)19;/h4-11,14,20H,3,12-13H2,1-2H3;1H. The van der Waals surface area contributed by atoms with Gasteiger partial charge in [0.05, 0.1) is 0 Å². The van der Waals surface area contributed by atoms with Gasteiger partial charge in [0.25, 0.3) is 0 Å². The highest BCUT2D eigenvalue weighted by atomic mass is 35.5. The average molecular weight is 340 g/mol. The molecule has 0 aliphatic carbocycles. The van der Waals surface area contributed by atoms with Crippen molar-refractivity contribution in [1.82, 2.24) is 5.32 Å². The summed E-state index contributed by atoms with van der Waals surface area (Å²) in [5.41, 5.74) is 2.23. The highest BCUT2D eigenvalue weighted by Gasteiger charge is 2.02. The normalized spacial score (nSPS) is 11.6. The number of hydrogen-bond acceptors (Lipinski definition) is 2. The molecule has 0 radical (unpaired) electrons. The molecule has 2 aromatic carbocycles.